The molecule has 0 aliphatic carbocycles. The third-order valence-electron chi connectivity index (χ3n) is 2.31. The van der Waals surface area contributed by atoms with Crippen molar-refractivity contribution in [3.8, 4) is 6.07 Å². The lowest BCUT2D eigenvalue weighted by Gasteiger charge is -2.16. The molecule has 0 saturated carbocycles. The van der Waals surface area contributed by atoms with Crippen LogP contribution in [-0.4, -0.2) is 6.04 Å². The molecule has 3 heteroatoms. The molecular weight excluding hydrogens is 208 g/mol. The Morgan fingerprint density at radius 1 is 1.53 bits per heavy atom. The predicted molar refractivity (Wildman–Crippen MR) is 64.1 cm³/mol. The molecule has 2 nitrogen and oxygen atoms in total. The van der Waals surface area contributed by atoms with E-state index in [0.29, 0.717) is 11.4 Å². The second-order valence-corrected chi connectivity index (χ2v) is 4.00. The van der Waals surface area contributed by atoms with E-state index >= 15 is 0 Å². The largest absolute Gasteiger partial charge is 0.380 e. The van der Waals surface area contributed by atoms with Gasteiger partial charge in [0.1, 0.15) is 0 Å². The summed E-state index contributed by atoms with van der Waals surface area (Å²) in [5.41, 5.74) is 2.08. The lowest BCUT2D eigenvalue weighted by Crippen LogP contribution is -2.17. The van der Waals surface area contributed by atoms with Crippen molar-refractivity contribution in [3.05, 3.63) is 28.8 Å². The Kier molecular flexibility index (Phi) is 4.45. The SMILES string of the molecule is CCC(CC#N)Nc1cc(C)ccc1Cl. The molecule has 1 aromatic carbocycles. The minimum atomic E-state index is 0.175. The van der Waals surface area contributed by atoms with Gasteiger partial charge in [0.05, 0.1) is 23.2 Å². The zero-order valence-electron chi connectivity index (χ0n) is 9.05. The molecule has 15 heavy (non-hydrogen) atoms. The summed E-state index contributed by atoms with van der Waals surface area (Å²) in [7, 11) is 0. The van der Waals surface area contributed by atoms with Gasteiger partial charge in [-0.25, -0.2) is 0 Å². The first kappa shape index (κ1) is 11.9. The number of nitrogens with one attached hydrogen (secondary N) is 1. The summed E-state index contributed by atoms with van der Waals surface area (Å²) >= 11 is 6.05. The summed E-state index contributed by atoms with van der Waals surface area (Å²) in [6, 6.07) is 8.19. The molecule has 1 unspecified atom stereocenters. The summed E-state index contributed by atoms with van der Waals surface area (Å²) < 4.78 is 0. The number of aryl methyl sites for hydroxylation is 1. The molecule has 0 saturated heterocycles. The normalized spacial score (nSPS) is 11.9. The number of nitriles is 1. The Labute approximate surface area is 95.9 Å². The lowest BCUT2D eigenvalue weighted by atomic mass is 10.1. The van der Waals surface area contributed by atoms with Crippen LogP contribution in [0.1, 0.15) is 25.3 Å². The number of nitrogens with zero attached hydrogens (tertiary/aromatic N) is 1. The molecule has 1 rings (SSSR count). The van der Waals surface area contributed by atoms with Gasteiger partial charge in [-0.05, 0) is 31.0 Å². The van der Waals surface area contributed by atoms with E-state index in [9.17, 15) is 0 Å². The molecule has 80 valence electrons. The standard InChI is InChI=1S/C12H15ClN2/c1-3-10(6-7-14)15-12-8-9(2)4-5-11(12)13/h4-5,8,10,15H,3,6H2,1-2H3. The summed E-state index contributed by atoms with van der Waals surface area (Å²) in [4.78, 5) is 0. The van der Waals surface area contributed by atoms with E-state index in [1.807, 2.05) is 25.1 Å². The quantitative estimate of drug-likeness (QED) is 0.842. The van der Waals surface area contributed by atoms with Gasteiger partial charge < -0.3 is 5.32 Å². The molecule has 0 fully saturated rings. The fraction of sp³-hybridized carbons (Fsp3) is 0.417. The number of rotatable bonds is 4. The van der Waals surface area contributed by atoms with Crippen molar-refractivity contribution < 1.29 is 0 Å². The Morgan fingerprint density at radius 2 is 2.27 bits per heavy atom. The molecular formula is C12H15ClN2. The number of benzene rings is 1. The molecule has 0 aromatic heterocycles. The summed E-state index contributed by atoms with van der Waals surface area (Å²) in [6.45, 7) is 4.07. The van der Waals surface area contributed by atoms with Crippen molar-refractivity contribution in [2.75, 3.05) is 5.32 Å². The molecule has 1 N–H and O–H groups in total. The van der Waals surface area contributed by atoms with E-state index in [2.05, 4.69) is 18.3 Å². The van der Waals surface area contributed by atoms with Crippen molar-refractivity contribution in [2.24, 2.45) is 0 Å². The first-order chi connectivity index (χ1) is 7.17. The predicted octanol–water partition coefficient (Wildman–Crippen LogP) is 3.75. The van der Waals surface area contributed by atoms with Crippen LogP contribution in [0.3, 0.4) is 0 Å². The fourth-order valence-corrected chi connectivity index (χ4v) is 1.55. The van der Waals surface area contributed by atoms with Crippen LogP contribution in [0.5, 0.6) is 0 Å². The van der Waals surface area contributed by atoms with Crippen molar-refractivity contribution >= 4 is 17.3 Å². The highest BCUT2D eigenvalue weighted by Crippen LogP contribution is 2.24. The van der Waals surface area contributed by atoms with Crippen LogP contribution in [0, 0.1) is 18.3 Å². The third-order valence-corrected chi connectivity index (χ3v) is 2.64. The molecule has 0 aliphatic rings. The highest BCUT2D eigenvalue weighted by Gasteiger charge is 2.07. The summed E-state index contributed by atoms with van der Waals surface area (Å²) in [5, 5.41) is 12.6. The second kappa shape index (κ2) is 5.63. The Balaban J connectivity index is 2.78. The number of hydrogen-bond donors (Lipinski definition) is 1. The molecule has 1 atom stereocenters. The Bertz CT molecular complexity index is 368. The van der Waals surface area contributed by atoms with E-state index in [1.54, 1.807) is 0 Å². The van der Waals surface area contributed by atoms with Crippen molar-refractivity contribution in [1.29, 1.82) is 5.26 Å². The van der Waals surface area contributed by atoms with Gasteiger partial charge in [0, 0.05) is 6.04 Å². The van der Waals surface area contributed by atoms with Gasteiger partial charge in [0.15, 0.2) is 0 Å². The molecule has 0 bridgehead atoms. The zero-order valence-corrected chi connectivity index (χ0v) is 9.80. The van der Waals surface area contributed by atoms with E-state index in [0.717, 1.165) is 17.7 Å². The van der Waals surface area contributed by atoms with Gasteiger partial charge in [0.2, 0.25) is 0 Å². The number of anilines is 1. The molecule has 0 amide bonds. The highest BCUT2D eigenvalue weighted by atomic mass is 35.5. The third kappa shape index (κ3) is 3.45. The maximum absolute atomic E-state index is 8.65. The minimum absolute atomic E-state index is 0.175. The van der Waals surface area contributed by atoms with Crippen LogP contribution < -0.4 is 5.32 Å². The average Bonchev–Trinajstić information content (AvgIpc) is 2.22. The van der Waals surface area contributed by atoms with Gasteiger partial charge in [-0.1, -0.05) is 24.6 Å². The van der Waals surface area contributed by atoms with Crippen molar-refractivity contribution in [1.82, 2.24) is 0 Å². The number of hydrogen-bond acceptors (Lipinski definition) is 2. The fourth-order valence-electron chi connectivity index (χ4n) is 1.38. The monoisotopic (exact) mass is 222 g/mol. The maximum Gasteiger partial charge on any atom is 0.0643 e. The first-order valence-electron chi connectivity index (χ1n) is 5.07. The number of halogens is 1. The minimum Gasteiger partial charge on any atom is -0.380 e. The summed E-state index contributed by atoms with van der Waals surface area (Å²) in [5.74, 6) is 0. The maximum atomic E-state index is 8.65. The topological polar surface area (TPSA) is 35.8 Å². The van der Waals surface area contributed by atoms with Gasteiger partial charge in [-0.3, -0.25) is 0 Å². The van der Waals surface area contributed by atoms with Crippen LogP contribution in [0.2, 0.25) is 5.02 Å². The molecule has 0 radical (unpaired) electrons. The lowest BCUT2D eigenvalue weighted by molar-refractivity contribution is 0.711. The molecule has 0 aliphatic heterocycles. The molecule has 0 spiro atoms. The average molecular weight is 223 g/mol. The van der Waals surface area contributed by atoms with Crippen LogP contribution in [0.4, 0.5) is 5.69 Å². The van der Waals surface area contributed by atoms with Crippen LogP contribution in [0.15, 0.2) is 18.2 Å². The summed E-state index contributed by atoms with van der Waals surface area (Å²) in [6.07, 6.45) is 1.42. The van der Waals surface area contributed by atoms with E-state index < -0.39 is 0 Å². The Morgan fingerprint density at radius 3 is 2.87 bits per heavy atom. The van der Waals surface area contributed by atoms with Crippen LogP contribution >= 0.6 is 11.6 Å². The van der Waals surface area contributed by atoms with Crippen molar-refractivity contribution in [2.45, 2.75) is 32.7 Å². The first-order valence-corrected chi connectivity index (χ1v) is 5.44. The second-order valence-electron chi connectivity index (χ2n) is 3.60. The Hall–Kier alpha value is -1.20. The molecule has 0 heterocycles. The smallest absolute Gasteiger partial charge is 0.0643 e. The van der Waals surface area contributed by atoms with Gasteiger partial charge in [0.25, 0.3) is 0 Å². The van der Waals surface area contributed by atoms with Crippen LogP contribution in [0.25, 0.3) is 0 Å². The van der Waals surface area contributed by atoms with E-state index in [1.165, 1.54) is 0 Å². The van der Waals surface area contributed by atoms with Crippen LogP contribution in [-0.2, 0) is 0 Å². The van der Waals surface area contributed by atoms with E-state index in [4.69, 9.17) is 16.9 Å². The van der Waals surface area contributed by atoms with Gasteiger partial charge >= 0.3 is 0 Å². The van der Waals surface area contributed by atoms with Gasteiger partial charge in [-0.2, -0.15) is 5.26 Å². The zero-order chi connectivity index (χ0) is 11.3. The van der Waals surface area contributed by atoms with E-state index in [-0.39, 0.29) is 6.04 Å². The molecule has 1 aromatic rings. The van der Waals surface area contributed by atoms with Crippen molar-refractivity contribution in [3.63, 3.8) is 0 Å². The van der Waals surface area contributed by atoms with Gasteiger partial charge in [-0.15, -0.1) is 0 Å². The highest BCUT2D eigenvalue weighted by molar-refractivity contribution is 6.33.